The average Bonchev–Trinajstić information content (AvgIpc) is 2.89. The third kappa shape index (κ3) is 5.14. The van der Waals surface area contributed by atoms with Crippen LogP contribution in [-0.4, -0.2) is 33.1 Å². The molecule has 3 atom stereocenters. The van der Waals surface area contributed by atoms with Gasteiger partial charge in [0.25, 0.3) is 0 Å². The van der Waals surface area contributed by atoms with Crippen LogP contribution in [0.1, 0.15) is 46.5 Å². The summed E-state index contributed by atoms with van der Waals surface area (Å²) in [6.07, 6.45) is 4.85. The molecular formula is C14H23N3OS3. The lowest BCUT2D eigenvalue weighted by Crippen LogP contribution is -2.44. The van der Waals surface area contributed by atoms with Crippen LogP contribution >= 0.6 is 34.9 Å². The number of aromatic nitrogens is 2. The number of nitrogens with one attached hydrogen (secondary N) is 1. The van der Waals surface area contributed by atoms with Crippen LogP contribution in [0.3, 0.4) is 0 Å². The predicted molar refractivity (Wildman–Crippen MR) is 91.2 cm³/mol. The van der Waals surface area contributed by atoms with Crippen LogP contribution < -0.4 is 5.32 Å². The summed E-state index contributed by atoms with van der Waals surface area (Å²) in [4.78, 5) is 12.3. The highest BCUT2D eigenvalue weighted by molar-refractivity contribution is 8.03. The highest BCUT2D eigenvalue weighted by Gasteiger charge is 2.25. The van der Waals surface area contributed by atoms with Gasteiger partial charge in [-0.05, 0) is 31.4 Å². The normalized spacial score (nSPS) is 23.8. The Morgan fingerprint density at radius 1 is 1.38 bits per heavy atom. The first-order chi connectivity index (χ1) is 10.1. The monoisotopic (exact) mass is 345 g/mol. The number of carbonyl (C=O) groups excluding carboxylic acids is 1. The zero-order valence-corrected chi connectivity index (χ0v) is 15.2. The van der Waals surface area contributed by atoms with Crippen molar-refractivity contribution in [1.29, 1.82) is 0 Å². The van der Waals surface area contributed by atoms with Crippen LogP contribution in [0.2, 0.25) is 0 Å². The minimum atomic E-state index is -0.119. The SMILES string of the molecule is CCSc1nnc(S[C@@H](C)C(=O)N[C@H]2CCCC[C@@H]2C)s1. The van der Waals surface area contributed by atoms with E-state index in [0.29, 0.717) is 12.0 Å². The van der Waals surface area contributed by atoms with E-state index in [1.54, 1.807) is 23.1 Å². The largest absolute Gasteiger partial charge is 0.352 e. The molecule has 0 aliphatic heterocycles. The van der Waals surface area contributed by atoms with E-state index in [4.69, 9.17) is 0 Å². The molecule has 2 rings (SSSR count). The van der Waals surface area contributed by atoms with E-state index in [1.165, 1.54) is 31.0 Å². The Hall–Kier alpha value is -0.270. The highest BCUT2D eigenvalue weighted by Crippen LogP contribution is 2.31. The van der Waals surface area contributed by atoms with Crippen molar-refractivity contribution in [2.24, 2.45) is 5.92 Å². The van der Waals surface area contributed by atoms with Crippen LogP contribution in [0.5, 0.6) is 0 Å². The summed E-state index contributed by atoms with van der Waals surface area (Å²) in [6.45, 7) is 6.28. The number of carbonyl (C=O) groups is 1. The van der Waals surface area contributed by atoms with Crippen LogP contribution in [-0.2, 0) is 4.79 Å². The molecule has 1 aliphatic rings. The molecule has 1 aromatic rings. The molecule has 1 amide bonds. The lowest BCUT2D eigenvalue weighted by atomic mass is 9.86. The molecule has 0 unspecified atom stereocenters. The Kier molecular flexibility index (Phi) is 6.82. The van der Waals surface area contributed by atoms with Crippen molar-refractivity contribution in [3.8, 4) is 0 Å². The molecule has 0 spiro atoms. The average molecular weight is 346 g/mol. The van der Waals surface area contributed by atoms with Gasteiger partial charge in [0.2, 0.25) is 5.91 Å². The van der Waals surface area contributed by atoms with Crippen molar-refractivity contribution in [2.45, 2.75) is 66.4 Å². The maximum atomic E-state index is 12.3. The summed E-state index contributed by atoms with van der Waals surface area (Å²) < 4.78 is 1.86. The maximum Gasteiger partial charge on any atom is 0.233 e. The van der Waals surface area contributed by atoms with Gasteiger partial charge in [0.05, 0.1) is 5.25 Å². The van der Waals surface area contributed by atoms with Gasteiger partial charge in [0.15, 0.2) is 8.68 Å². The van der Waals surface area contributed by atoms with Gasteiger partial charge in [-0.1, -0.05) is 61.5 Å². The summed E-state index contributed by atoms with van der Waals surface area (Å²) in [6, 6.07) is 0.343. The van der Waals surface area contributed by atoms with Crippen molar-refractivity contribution in [2.75, 3.05) is 5.75 Å². The van der Waals surface area contributed by atoms with E-state index >= 15 is 0 Å². The summed E-state index contributed by atoms with van der Waals surface area (Å²) in [5.74, 6) is 1.71. The van der Waals surface area contributed by atoms with Gasteiger partial charge in [-0.15, -0.1) is 10.2 Å². The Balaban J connectivity index is 1.83. The summed E-state index contributed by atoms with van der Waals surface area (Å²) in [5.41, 5.74) is 0. The van der Waals surface area contributed by atoms with E-state index in [2.05, 4.69) is 29.4 Å². The molecular weight excluding hydrogens is 322 g/mol. The molecule has 7 heteroatoms. The number of amides is 1. The number of hydrogen-bond acceptors (Lipinski definition) is 6. The zero-order chi connectivity index (χ0) is 15.2. The van der Waals surface area contributed by atoms with Gasteiger partial charge < -0.3 is 5.32 Å². The van der Waals surface area contributed by atoms with Crippen molar-refractivity contribution in [1.82, 2.24) is 15.5 Å². The molecule has 21 heavy (non-hydrogen) atoms. The Morgan fingerprint density at radius 2 is 2.10 bits per heavy atom. The molecule has 0 aromatic carbocycles. The van der Waals surface area contributed by atoms with Gasteiger partial charge >= 0.3 is 0 Å². The third-order valence-corrected chi connectivity index (χ3v) is 6.86. The second-order valence-electron chi connectivity index (χ2n) is 5.40. The Morgan fingerprint density at radius 3 is 2.81 bits per heavy atom. The van der Waals surface area contributed by atoms with E-state index in [0.717, 1.165) is 20.9 Å². The molecule has 118 valence electrons. The lowest BCUT2D eigenvalue weighted by Gasteiger charge is -2.30. The van der Waals surface area contributed by atoms with Gasteiger partial charge in [-0.25, -0.2) is 0 Å². The fraction of sp³-hybridized carbons (Fsp3) is 0.786. The lowest BCUT2D eigenvalue weighted by molar-refractivity contribution is -0.121. The quantitative estimate of drug-likeness (QED) is 0.794. The van der Waals surface area contributed by atoms with Crippen molar-refractivity contribution >= 4 is 40.8 Å². The van der Waals surface area contributed by atoms with Crippen LogP contribution in [0.15, 0.2) is 8.68 Å². The second kappa shape index (κ2) is 8.39. The molecule has 1 N–H and O–H groups in total. The molecule has 4 nitrogen and oxygen atoms in total. The van der Waals surface area contributed by atoms with Crippen molar-refractivity contribution in [3.63, 3.8) is 0 Å². The molecule has 1 aliphatic carbocycles. The van der Waals surface area contributed by atoms with Crippen LogP contribution in [0, 0.1) is 5.92 Å². The first-order valence-corrected chi connectivity index (χ1v) is 10.2. The summed E-state index contributed by atoms with van der Waals surface area (Å²) >= 11 is 4.77. The predicted octanol–water partition coefficient (Wildman–Crippen LogP) is 3.83. The molecule has 0 saturated heterocycles. The molecule has 1 fully saturated rings. The number of thioether (sulfide) groups is 2. The Bertz CT molecular complexity index is 466. The first-order valence-electron chi connectivity index (χ1n) is 7.53. The topological polar surface area (TPSA) is 54.9 Å². The number of hydrogen-bond donors (Lipinski definition) is 1. The molecule has 0 radical (unpaired) electrons. The zero-order valence-electron chi connectivity index (χ0n) is 12.8. The smallest absolute Gasteiger partial charge is 0.233 e. The van der Waals surface area contributed by atoms with Gasteiger partial charge in [-0.3, -0.25) is 4.79 Å². The minimum absolute atomic E-state index is 0.119. The number of rotatable bonds is 6. The molecule has 1 heterocycles. The molecule has 0 bridgehead atoms. The second-order valence-corrected chi connectivity index (χ2v) is 9.48. The fourth-order valence-corrected chi connectivity index (χ4v) is 5.53. The summed E-state index contributed by atoms with van der Waals surface area (Å²) in [5, 5.41) is 11.4. The fourth-order valence-electron chi connectivity index (χ4n) is 2.46. The molecule has 1 aromatic heterocycles. The standard InChI is InChI=1S/C14H23N3OS3/c1-4-19-13-16-17-14(21-13)20-10(3)12(18)15-11-8-6-5-7-9(11)2/h9-11H,4-8H2,1-3H3,(H,15,18)/t9-,10-,11-/m0/s1. The van der Waals surface area contributed by atoms with E-state index in [1.807, 2.05) is 6.92 Å². The molecule has 1 saturated carbocycles. The summed E-state index contributed by atoms with van der Waals surface area (Å²) in [7, 11) is 0. The van der Waals surface area contributed by atoms with Crippen LogP contribution in [0.4, 0.5) is 0 Å². The van der Waals surface area contributed by atoms with Crippen molar-refractivity contribution < 1.29 is 4.79 Å². The van der Waals surface area contributed by atoms with E-state index < -0.39 is 0 Å². The van der Waals surface area contributed by atoms with E-state index in [9.17, 15) is 4.79 Å². The van der Waals surface area contributed by atoms with Crippen LogP contribution in [0.25, 0.3) is 0 Å². The van der Waals surface area contributed by atoms with Gasteiger partial charge in [-0.2, -0.15) is 0 Å². The maximum absolute atomic E-state index is 12.3. The third-order valence-electron chi connectivity index (χ3n) is 3.74. The van der Waals surface area contributed by atoms with Crippen molar-refractivity contribution in [3.05, 3.63) is 0 Å². The van der Waals surface area contributed by atoms with Gasteiger partial charge in [0, 0.05) is 6.04 Å². The number of nitrogens with zero attached hydrogens (tertiary/aromatic N) is 2. The minimum Gasteiger partial charge on any atom is -0.352 e. The Labute approximate surface area is 139 Å². The first kappa shape index (κ1) is 17.1. The highest BCUT2D eigenvalue weighted by atomic mass is 32.2. The van der Waals surface area contributed by atoms with E-state index in [-0.39, 0.29) is 11.2 Å². The van der Waals surface area contributed by atoms with Gasteiger partial charge in [0.1, 0.15) is 0 Å².